The Hall–Kier alpha value is -0.890. The SMILES string of the molecule is Fc1cccc(CC2(CNC3CC3)CCC2)c1. The normalized spacial score (nSPS) is 22.2. The standard InChI is InChI=1S/C15H20FN/c16-13-4-1-3-12(9-13)10-15(7-2-8-15)11-17-14-5-6-14/h1,3-4,9,14,17H,2,5-8,10-11H2. The highest BCUT2D eigenvalue weighted by Crippen LogP contribution is 2.43. The molecule has 3 rings (SSSR count). The minimum Gasteiger partial charge on any atom is -0.313 e. The first-order valence-corrected chi connectivity index (χ1v) is 6.74. The van der Waals surface area contributed by atoms with Gasteiger partial charge in [0.15, 0.2) is 0 Å². The summed E-state index contributed by atoms with van der Waals surface area (Å²) >= 11 is 0. The first kappa shape index (κ1) is 11.2. The van der Waals surface area contributed by atoms with Gasteiger partial charge in [-0.3, -0.25) is 0 Å². The van der Waals surface area contributed by atoms with Crippen LogP contribution >= 0.6 is 0 Å². The number of benzene rings is 1. The first-order chi connectivity index (χ1) is 8.26. The molecule has 1 N–H and O–H groups in total. The summed E-state index contributed by atoms with van der Waals surface area (Å²) in [6, 6.07) is 7.88. The van der Waals surface area contributed by atoms with Gasteiger partial charge in [-0.2, -0.15) is 0 Å². The Morgan fingerprint density at radius 2 is 2.12 bits per heavy atom. The maximum absolute atomic E-state index is 13.2. The van der Waals surface area contributed by atoms with Gasteiger partial charge in [0.25, 0.3) is 0 Å². The van der Waals surface area contributed by atoms with E-state index in [1.165, 1.54) is 38.2 Å². The Kier molecular flexibility index (Phi) is 2.91. The Labute approximate surface area is 102 Å². The fourth-order valence-electron chi connectivity index (χ4n) is 2.82. The van der Waals surface area contributed by atoms with Crippen molar-refractivity contribution >= 4 is 0 Å². The molecule has 2 aliphatic carbocycles. The highest BCUT2D eigenvalue weighted by molar-refractivity contribution is 5.19. The molecule has 17 heavy (non-hydrogen) atoms. The lowest BCUT2D eigenvalue weighted by Crippen LogP contribution is -2.42. The van der Waals surface area contributed by atoms with Crippen molar-refractivity contribution in [2.45, 2.75) is 44.6 Å². The molecule has 0 radical (unpaired) electrons. The van der Waals surface area contributed by atoms with Gasteiger partial charge in [0.2, 0.25) is 0 Å². The van der Waals surface area contributed by atoms with Gasteiger partial charge < -0.3 is 5.32 Å². The number of rotatable bonds is 5. The molecule has 1 aromatic rings. The summed E-state index contributed by atoms with van der Waals surface area (Å²) in [6.45, 7) is 1.12. The van der Waals surface area contributed by atoms with Crippen molar-refractivity contribution in [1.29, 1.82) is 0 Å². The zero-order valence-corrected chi connectivity index (χ0v) is 10.2. The molecule has 0 saturated heterocycles. The minimum absolute atomic E-state index is 0.105. The van der Waals surface area contributed by atoms with Crippen molar-refractivity contribution in [3.8, 4) is 0 Å². The van der Waals surface area contributed by atoms with Crippen LogP contribution in [0.2, 0.25) is 0 Å². The fourth-order valence-corrected chi connectivity index (χ4v) is 2.82. The molecule has 0 unspecified atom stereocenters. The van der Waals surface area contributed by atoms with E-state index in [1.807, 2.05) is 6.07 Å². The number of hydrogen-bond acceptors (Lipinski definition) is 1. The molecule has 2 saturated carbocycles. The summed E-state index contributed by atoms with van der Waals surface area (Å²) in [5.41, 5.74) is 1.57. The maximum Gasteiger partial charge on any atom is 0.123 e. The summed E-state index contributed by atoms with van der Waals surface area (Å²) in [5.74, 6) is -0.105. The van der Waals surface area contributed by atoms with E-state index in [2.05, 4.69) is 11.4 Å². The van der Waals surface area contributed by atoms with Crippen LogP contribution in [0.4, 0.5) is 4.39 Å². The van der Waals surface area contributed by atoms with Gasteiger partial charge in [0, 0.05) is 12.6 Å². The first-order valence-electron chi connectivity index (χ1n) is 6.74. The average molecular weight is 233 g/mol. The van der Waals surface area contributed by atoms with Gasteiger partial charge in [-0.15, -0.1) is 0 Å². The van der Waals surface area contributed by atoms with E-state index < -0.39 is 0 Å². The van der Waals surface area contributed by atoms with Crippen molar-refractivity contribution in [2.24, 2.45) is 5.41 Å². The molecule has 0 aliphatic heterocycles. The second kappa shape index (κ2) is 4.41. The maximum atomic E-state index is 13.2. The van der Waals surface area contributed by atoms with Gasteiger partial charge in [0.05, 0.1) is 0 Å². The topological polar surface area (TPSA) is 12.0 Å². The lowest BCUT2D eigenvalue weighted by atomic mass is 9.65. The number of hydrogen-bond donors (Lipinski definition) is 1. The molecule has 0 aromatic heterocycles. The van der Waals surface area contributed by atoms with E-state index >= 15 is 0 Å². The smallest absolute Gasteiger partial charge is 0.123 e. The molecule has 0 spiro atoms. The molecule has 92 valence electrons. The third-order valence-corrected chi connectivity index (χ3v) is 4.23. The summed E-state index contributed by atoms with van der Waals surface area (Å²) < 4.78 is 13.2. The summed E-state index contributed by atoms with van der Waals surface area (Å²) in [7, 11) is 0. The molecular weight excluding hydrogens is 213 g/mol. The molecule has 0 amide bonds. The molecule has 1 aromatic carbocycles. The van der Waals surface area contributed by atoms with Crippen LogP contribution in [0.15, 0.2) is 24.3 Å². The molecule has 1 nitrogen and oxygen atoms in total. The van der Waals surface area contributed by atoms with Crippen molar-refractivity contribution in [1.82, 2.24) is 5.32 Å². The van der Waals surface area contributed by atoms with E-state index in [0.717, 1.165) is 24.6 Å². The highest BCUT2D eigenvalue weighted by Gasteiger charge is 2.38. The van der Waals surface area contributed by atoms with Crippen LogP contribution in [-0.4, -0.2) is 12.6 Å². The van der Waals surface area contributed by atoms with Crippen LogP contribution in [0, 0.1) is 11.2 Å². The monoisotopic (exact) mass is 233 g/mol. The van der Waals surface area contributed by atoms with Crippen molar-refractivity contribution in [2.75, 3.05) is 6.54 Å². The summed E-state index contributed by atoms with van der Waals surface area (Å²) in [6.07, 6.45) is 7.64. The van der Waals surface area contributed by atoms with Crippen LogP contribution in [0.25, 0.3) is 0 Å². The molecule has 2 fully saturated rings. The number of halogens is 1. The van der Waals surface area contributed by atoms with E-state index in [1.54, 1.807) is 6.07 Å². The van der Waals surface area contributed by atoms with Crippen LogP contribution in [0.1, 0.15) is 37.7 Å². The van der Waals surface area contributed by atoms with E-state index in [4.69, 9.17) is 0 Å². The highest BCUT2D eigenvalue weighted by atomic mass is 19.1. The van der Waals surface area contributed by atoms with E-state index in [9.17, 15) is 4.39 Å². The van der Waals surface area contributed by atoms with Gasteiger partial charge >= 0.3 is 0 Å². The Bertz CT molecular complexity index is 394. The fraction of sp³-hybridized carbons (Fsp3) is 0.600. The third kappa shape index (κ3) is 2.68. The summed E-state index contributed by atoms with van der Waals surface area (Å²) in [4.78, 5) is 0. The van der Waals surface area contributed by atoms with Gasteiger partial charge in [0.1, 0.15) is 5.82 Å². The Balaban J connectivity index is 1.63. The number of nitrogens with one attached hydrogen (secondary N) is 1. The second-order valence-corrected chi connectivity index (χ2v) is 5.82. The largest absolute Gasteiger partial charge is 0.313 e. The lowest BCUT2D eigenvalue weighted by Gasteiger charge is -2.42. The van der Waals surface area contributed by atoms with Crippen molar-refractivity contribution in [3.63, 3.8) is 0 Å². The molecule has 0 bridgehead atoms. The molecule has 2 heteroatoms. The third-order valence-electron chi connectivity index (χ3n) is 4.23. The average Bonchev–Trinajstić information content (AvgIpc) is 3.06. The Morgan fingerprint density at radius 3 is 2.71 bits per heavy atom. The molecule has 0 heterocycles. The van der Waals surface area contributed by atoms with Gasteiger partial charge in [-0.25, -0.2) is 4.39 Å². The molecule has 2 aliphatic rings. The van der Waals surface area contributed by atoms with E-state index in [0.29, 0.717) is 5.41 Å². The van der Waals surface area contributed by atoms with Crippen LogP contribution in [0.3, 0.4) is 0 Å². The summed E-state index contributed by atoms with van der Waals surface area (Å²) in [5, 5.41) is 3.64. The van der Waals surface area contributed by atoms with Crippen LogP contribution in [0.5, 0.6) is 0 Å². The molecule has 0 atom stereocenters. The zero-order chi connectivity index (χ0) is 11.7. The van der Waals surface area contributed by atoms with Crippen LogP contribution < -0.4 is 5.32 Å². The molecular formula is C15H20FN. The zero-order valence-electron chi connectivity index (χ0n) is 10.2. The predicted octanol–water partition coefficient (Wildman–Crippen LogP) is 3.29. The Morgan fingerprint density at radius 1 is 1.29 bits per heavy atom. The minimum atomic E-state index is -0.105. The van der Waals surface area contributed by atoms with Crippen molar-refractivity contribution < 1.29 is 4.39 Å². The quantitative estimate of drug-likeness (QED) is 0.823. The van der Waals surface area contributed by atoms with Crippen molar-refractivity contribution in [3.05, 3.63) is 35.6 Å². The predicted molar refractivity (Wildman–Crippen MR) is 67.4 cm³/mol. The van der Waals surface area contributed by atoms with Gasteiger partial charge in [-0.05, 0) is 55.2 Å². The van der Waals surface area contributed by atoms with E-state index in [-0.39, 0.29) is 5.82 Å². The van der Waals surface area contributed by atoms with Gasteiger partial charge in [-0.1, -0.05) is 18.6 Å². The van der Waals surface area contributed by atoms with Crippen LogP contribution in [-0.2, 0) is 6.42 Å². The lowest BCUT2D eigenvalue weighted by molar-refractivity contribution is 0.129. The second-order valence-electron chi connectivity index (χ2n) is 5.82.